The molecule has 7 heteroatoms. The first kappa shape index (κ1) is 16.9. The molecular formula is C14H21N3O4. The van der Waals surface area contributed by atoms with Gasteiger partial charge in [0.05, 0.1) is 4.92 Å². The molecule has 1 aromatic heterocycles. The van der Waals surface area contributed by atoms with Gasteiger partial charge in [0.25, 0.3) is 5.69 Å². The summed E-state index contributed by atoms with van der Waals surface area (Å²) in [6, 6.07) is 2.23. The Kier molecular flexibility index (Phi) is 5.23. The van der Waals surface area contributed by atoms with Gasteiger partial charge >= 0.3 is 5.97 Å². The molecule has 1 atom stereocenters. The number of aromatic nitrogens is 1. The molecule has 21 heavy (non-hydrogen) atoms. The number of nitrogens with one attached hydrogen (secondary N) is 1. The number of hydrogen-bond acceptors (Lipinski definition) is 6. The lowest BCUT2D eigenvalue weighted by Gasteiger charge is -2.26. The van der Waals surface area contributed by atoms with Crippen molar-refractivity contribution in [3.8, 4) is 0 Å². The highest BCUT2D eigenvalue weighted by atomic mass is 16.6. The third-order valence-electron chi connectivity index (χ3n) is 2.59. The molecule has 1 heterocycles. The zero-order chi connectivity index (χ0) is 16.2. The average Bonchev–Trinajstić information content (AvgIpc) is 2.33. The second-order valence-corrected chi connectivity index (χ2v) is 6.06. The molecule has 0 saturated carbocycles. The van der Waals surface area contributed by atoms with Gasteiger partial charge in [0.2, 0.25) is 0 Å². The van der Waals surface area contributed by atoms with Crippen molar-refractivity contribution in [3.05, 3.63) is 28.4 Å². The van der Waals surface area contributed by atoms with E-state index < -0.39 is 16.6 Å². The summed E-state index contributed by atoms with van der Waals surface area (Å²) in [6.07, 6.45) is 1.15. The van der Waals surface area contributed by atoms with Gasteiger partial charge in [0, 0.05) is 6.07 Å². The molecule has 1 rings (SSSR count). The minimum Gasteiger partial charge on any atom is -0.458 e. The van der Waals surface area contributed by atoms with Crippen LogP contribution in [0.15, 0.2) is 18.3 Å². The van der Waals surface area contributed by atoms with Crippen molar-refractivity contribution < 1.29 is 14.5 Å². The molecule has 0 aromatic carbocycles. The number of ether oxygens (including phenoxy) is 1. The molecule has 0 aliphatic heterocycles. The molecular weight excluding hydrogens is 274 g/mol. The molecule has 1 N–H and O–H groups in total. The van der Waals surface area contributed by atoms with Gasteiger partial charge in [0.15, 0.2) is 0 Å². The standard InChI is InChI=1S/C14H21N3O4/c1-9(2)12(13(18)21-14(3,4)5)16-11-7-6-10(8-15-11)17(19)20/h6-9,12H,1-5H3,(H,15,16)/t12-/m1/s1. The Balaban J connectivity index is 2.83. The van der Waals surface area contributed by atoms with Crippen LogP contribution in [0.5, 0.6) is 0 Å². The molecule has 0 amide bonds. The maximum atomic E-state index is 12.2. The second-order valence-electron chi connectivity index (χ2n) is 6.06. The van der Waals surface area contributed by atoms with Crippen LogP contribution in [0.1, 0.15) is 34.6 Å². The van der Waals surface area contributed by atoms with Gasteiger partial charge in [-0.3, -0.25) is 10.1 Å². The highest BCUT2D eigenvalue weighted by molar-refractivity contribution is 5.79. The van der Waals surface area contributed by atoms with Crippen molar-refractivity contribution >= 4 is 17.5 Å². The highest BCUT2D eigenvalue weighted by Gasteiger charge is 2.28. The lowest BCUT2D eigenvalue weighted by Crippen LogP contribution is -2.40. The maximum absolute atomic E-state index is 12.2. The van der Waals surface area contributed by atoms with Gasteiger partial charge in [-0.1, -0.05) is 13.8 Å². The van der Waals surface area contributed by atoms with Gasteiger partial charge in [0.1, 0.15) is 23.7 Å². The summed E-state index contributed by atoms with van der Waals surface area (Å²) in [5.41, 5.74) is -0.673. The third-order valence-corrected chi connectivity index (χ3v) is 2.59. The summed E-state index contributed by atoms with van der Waals surface area (Å²) in [5, 5.41) is 13.5. The van der Waals surface area contributed by atoms with E-state index in [0.29, 0.717) is 5.82 Å². The van der Waals surface area contributed by atoms with Crippen molar-refractivity contribution in [1.29, 1.82) is 0 Å². The minimum absolute atomic E-state index is 0.0168. The molecule has 0 radical (unpaired) electrons. The third kappa shape index (κ3) is 5.37. The largest absolute Gasteiger partial charge is 0.458 e. The Labute approximate surface area is 123 Å². The van der Waals surface area contributed by atoms with E-state index in [1.165, 1.54) is 12.1 Å². The molecule has 0 aliphatic rings. The van der Waals surface area contributed by atoms with E-state index in [-0.39, 0.29) is 17.6 Å². The summed E-state index contributed by atoms with van der Waals surface area (Å²) in [5.74, 6) is -0.000320. The van der Waals surface area contributed by atoms with E-state index in [2.05, 4.69) is 10.3 Å². The van der Waals surface area contributed by atoms with E-state index in [1.54, 1.807) is 20.8 Å². The Morgan fingerprint density at radius 1 is 1.38 bits per heavy atom. The molecule has 0 saturated heterocycles. The van der Waals surface area contributed by atoms with Crippen molar-refractivity contribution in [3.63, 3.8) is 0 Å². The number of anilines is 1. The fourth-order valence-electron chi connectivity index (χ4n) is 1.60. The first-order valence-corrected chi connectivity index (χ1v) is 6.70. The molecule has 0 spiro atoms. The van der Waals surface area contributed by atoms with E-state index in [0.717, 1.165) is 6.20 Å². The first-order chi connectivity index (χ1) is 9.60. The Bertz CT molecular complexity index is 506. The van der Waals surface area contributed by atoms with E-state index in [9.17, 15) is 14.9 Å². The Morgan fingerprint density at radius 2 is 2.00 bits per heavy atom. The summed E-state index contributed by atoms with van der Waals surface area (Å²) < 4.78 is 5.36. The number of hydrogen-bond donors (Lipinski definition) is 1. The molecule has 0 fully saturated rings. The van der Waals surface area contributed by atoms with Crippen molar-refractivity contribution in [1.82, 2.24) is 4.98 Å². The van der Waals surface area contributed by atoms with Gasteiger partial charge in [-0.25, -0.2) is 9.78 Å². The number of carbonyl (C=O) groups is 1. The molecule has 1 aromatic rings. The van der Waals surface area contributed by atoms with Crippen molar-refractivity contribution in [2.75, 3.05) is 5.32 Å². The number of rotatable bonds is 5. The fourth-order valence-corrected chi connectivity index (χ4v) is 1.60. The number of esters is 1. The lowest BCUT2D eigenvalue weighted by atomic mass is 10.0. The van der Waals surface area contributed by atoms with Crippen LogP contribution in [-0.2, 0) is 9.53 Å². The van der Waals surface area contributed by atoms with Crippen LogP contribution in [0.3, 0.4) is 0 Å². The van der Waals surface area contributed by atoms with Gasteiger partial charge in [-0.2, -0.15) is 0 Å². The number of carbonyl (C=O) groups excluding carboxylic acids is 1. The van der Waals surface area contributed by atoms with E-state index >= 15 is 0 Å². The molecule has 7 nitrogen and oxygen atoms in total. The average molecular weight is 295 g/mol. The monoisotopic (exact) mass is 295 g/mol. The highest BCUT2D eigenvalue weighted by Crippen LogP contribution is 2.17. The van der Waals surface area contributed by atoms with E-state index in [1.807, 2.05) is 13.8 Å². The van der Waals surface area contributed by atoms with Crippen molar-refractivity contribution in [2.24, 2.45) is 5.92 Å². The van der Waals surface area contributed by atoms with Crippen LogP contribution in [0.2, 0.25) is 0 Å². The normalized spacial score (nSPS) is 12.9. The predicted molar refractivity (Wildman–Crippen MR) is 79.0 cm³/mol. The molecule has 0 bridgehead atoms. The number of nitrogens with zero attached hydrogens (tertiary/aromatic N) is 2. The van der Waals surface area contributed by atoms with Crippen LogP contribution in [0, 0.1) is 16.0 Å². The zero-order valence-corrected chi connectivity index (χ0v) is 12.9. The lowest BCUT2D eigenvalue weighted by molar-refractivity contribution is -0.385. The van der Waals surface area contributed by atoms with Gasteiger partial charge in [-0.15, -0.1) is 0 Å². The summed E-state index contributed by atoms with van der Waals surface area (Å²) in [7, 11) is 0. The summed E-state index contributed by atoms with van der Waals surface area (Å²) >= 11 is 0. The second kappa shape index (κ2) is 6.51. The number of nitro groups is 1. The smallest absolute Gasteiger partial charge is 0.329 e. The maximum Gasteiger partial charge on any atom is 0.329 e. The summed E-state index contributed by atoms with van der Waals surface area (Å²) in [4.78, 5) is 26.2. The summed E-state index contributed by atoms with van der Waals surface area (Å²) in [6.45, 7) is 9.16. The SMILES string of the molecule is CC(C)[C@@H](Nc1ccc([N+](=O)[O-])cn1)C(=O)OC(C)(C)C. The van der Waals surface area contributed by atoms with Gasteiger partial charge < -0.3 is 10.1 Å². The van der Waals surface area contributed by atoms with E-state index in [4.69, 9.17) is 4.74 Å². The van der Waals surface area contributed by atoms with Crippen LogP contribution < -0.4 is 5.32 Å². The zero-order valence-electron chi connectivity index (χ0n) is 12.9. The van der Waals surface area contributed by atoms with Crippen LogP contribution in [0.25, 0.3) is 0 Å². The topological polar surface area (TPSA) is 94.4 Å². The first-order valence-electron chi connectivity index (χ1n) is 6.70. The van der Waals surface area contributed by atoms with Gasteiger partial charge in [-0.05, 0) is 32.8 Å². The quantitative estimate of drug-likeness (QED) is 0.510. The Morgan fingerprint density at radius 3 is 2.38 bits per heavy atom. The van der Waals surface area contributed by atoms with Crippen molar-refractivity contribution in [2.45, 2.75) is 46.3 Å². The number of pyridine rings is 1. The van der Waals surface area contributed by atoms with Crippen LogP contribution in [-0.4, -0.2) is 27.5 Å². The fraction of sp³-hybridized carbons (Fsp3) is 0.571. The minimum atomic E-state index is -0.575. The molecule has 0 unspecified atom stereocenters. The predicted octanol–water partition coefficient (Wildman–Crippen LogP) is 2.77. The molecule has 0 aliphatic carbocycles. The molecule has 116 valence electrons. The van der Waals surface area contributed by atoms with Crippen LogP contribution in [0.4, 0.5) is 11.5 Å². The Hall–Kier alpha value is -2.18. The van der Waals surface area contributed by atoms with Crippen LogP contribution >= 0.6 is 0 Å².